The van der Waals surface area contributed by atoms with Gasteiger partial charge in [-0.25, -0.2) is 9.66 Å². The maximum absolute atomic E-state index is 8.23. The van der Waals surface area contributed by atoms with Crippen LogP contribution in [0.5, 0.6) is 0 Å². The summed E-state index contributed by atoms with van der Waals surface area (Å²) in [7, 11) is 0. The second-order valence-electron chi connectivity index (χ2n) is 5.45. The minimum atomic E-state index is 0.230. The molecule has 6 heteroatoms. The van der Waals surface area contributed by atoms with Crippen LogP contribution in [0.25, 0.3) is 28.0 Å². The monoisotopic (exact) mass is 379 g/mol. The Hall–Kier alpha value is -2.86. The summed E-state index contributed by atoms with van der Waals surface area (Å²) in [6, 6.07) is 20.0. The fraction of sp³-hybridized carbons (Fsp3) is 0. The Morgan fingerprint density at radius 1 is 1.00 bits per heavy atom. The first-order valence-corrected chi connectivity index (χ1v) is 8.18. The normalized spacial score (nSPS) is 11.0. The van der Waals surface area contributed by atoms with Gasteiger partial charge in [-0.1, -0.05) is 46.3 Å². The molecule has 0 unspecified atom stereocenters. The zero-order valence-electron chi connectivity index (χ0n) is 12.6. The van der Waals surface area contributed by atoms with Crippen molar-refractivity contribution >= 4 is 27.0 Å². The molecule has 0 aliphatic carbocycles. The van der Waals surface area contributed by atoms with Gasteiger partial charge in [-0.05, 0) is 35.9 Å². The maximum Gasteiger partial charge on any atom is 0.156 e. The van der Waals surface area contributed by atoms with E-state index >= 15 is 0 Å². The summed E-state index contributed by atoms with van der Waals surface area (Å²) < 4.78 is 4.30. The molecule has 3 N–H and O–H groups in total. The van der Waals surface area contributed by atoms with Gasteiger partial charge in [0.05, 0.1) is 11.1 Å². The largest absolute Gasteiger partial charge is 0.336 e. The molecule has 0 aliphatic heterocycles. The molecule has 118 valence electrons. The molecule has 0 atom stereocenters. The van der Waals surface area contributed by atoms with Gasteiger partial charge in [0.2, 0.25) is 0 Å². The van der Waals surface area contributed by atoms with Gasteiger partial charge in [0.15, 0.2) is 11.1 Å². The molecule has 2 aromatic carbocycles. The van der Waals surface area contributed by atoms with Crippen LogP contribution in [0, 0.1) is 5.41 Å². The predicted octanol–water partition coefficient (Wildman–Crippen LogP) is 3.45. The van der Waals surface area contributed by atoms with Gasteiger partial charge < -0.3 is 5.84 Å². The molecule has 2 aromatic heterocycles. The highest BCUT2D eigenvalue weighted by Crippen LogP contribution is 2.29. The van der Waals surface area contributed by atoms with Crippen LogP contribution in [0.2, 0.25) is 0 Å². The number of para-hydroxylation sites is 1. The topological polar surface area (TPSA) is 72.6 Å². The molecule has 0 bridgehead atoms. The van der Waals surface area contributed by atoms with E-state index in [9.17, 15) is 0 Å². The van der Waals surface area contributed by atoms with Crippen molar-refractivity contribution in [2.45, 2.75) is 0 Å². The number of nitrogens with one attached hydrogen (secondary N) is 1. The summed E-state index contributed by atoms with van der Waals surface area (Å²) in [5.74, 6) is 5.79. The number of hydrogen-bond donors (Lipinski definition) is 2. The number of hydrogen-bond acceptors (Lipinski definition) is 3. The zero-order valence-corrected chi connectivity index (χ0v) is 14.2. The van der Waals surface area contributed by atoms with Gasteiger partial charge in [-0.3, -0.25) is 9.98 Å². The first-order chi connectivity index (χ1) is 11.6. The number of rotatable bonds is 2. The molecule has 0 fully saturated rings. The van der Waals surface area contributed by atoms with E-state index in [1.807, 2.05) is 60.7 Å². The number of nitrogens with zero attached hydrogens (tertiary/aromatic N) is 3. The van der Waals surface area contributed by atoms with Crippen LogP contribution in [0.1, 0.15) is 0 Å². The van der Waals surface area contributed by atoms with Crippen molar-refractivity contribution < 1.29 is 0 Å². The molecule has 4 rings (SSSR count). The molecule has 0 radical (unpaired) electrons. The van der Waals surface area contributed by atoms with Crippen molar-refractivity contribution in [1.82, 2.24) is 14.2 Å². The Bertz CT molecular complexity index is 1080. The lowest BCUT2D eigenvalue weighted by Crippen LogP contribution is -2.27. The second kappa shape index (κ2) is 5.65. The fourth-order valence-corrected chi connectivity index (χ4v) is 3.05. The number of aromatic nitrogens is 3. The molecule has 0 spiro atoms. The summed E-state index contributed by atoms with van der Waals surface area (Å²) in [6.07, 6.45) is 1.47. The van der Waals surface area contributed by atoms with Gasteiger partial charge in [0.25, 0.3) is 0 Å². The van der Waals surface area contributed by atoms with Crippen LogP contribution in [0.15, 0.2) is 71.5 Å². The Balaban J connectivity index is 2.10. The summed E-state index contributed by atoms with van der Waals surface area (Å²) in [5.41, 5.74) is 3.95. The van der Waals surface area contributed by atoms with Crippen LogP contribution in [0.4, 0.5) is 0 Å². The molecule has 0 saturated carbocycles. The van der Waals surface area contributed by atoms with Gasteiger partial charge in [0.1, 0.15) is 6.33 Å². The molecule has 24 heavy (non-hydrogen) atoms. The summed E-state index contributed by atoms with van der Waals surface area (Å²) in [5, 5.41) is 8.94. The minimum absolute atomic E-state index is 0.230. The van der Waals surface area contributed by atoms with E-state index in [0.717, 1.165) is 21.4 Å². The van der Waals surface area contributed by atoms with Crippen LogP contribution in [0.3, 0.4) is 0 Å². The van der Waals surface area contributed by atoms with Gasteiger partial charge in [-0.15, -0.1) is 0 Å². The highest BCUT2D eigenvalue weighted by Gasteiger charge is 2.15. The molecule has 0 saturated heterocycles. The second-order valence-corrected chi connectivity index (χ2v) is 6.36. The number of nitrogen functional groups attached to an aromatic ring is 1. The summed E-state index contributed by atoms with van der Waals surface area (Å²) in [6.45, 7) is 0. The third kappa shape index (κ3) is 2.32. The first-order valence-electron chi connectivity index (χ1n) is 7.39. The molecule has 0 aliphatic rings. The van der Waals surface area contributed by atoms with Gasteiger partial charge >= 0.3 is 0 Å². The lowest BCUT2D eigenvalue weighted by Gasteiger charge is -2.10. The Morgan fingerprint density at radius 3 is 2.42 bits per heavy atom. The summed E-state index contributed by atoms with van der Waals surface area (Å²) in [4.78, 5) is 4.45. The van der Waals surface area contributed by atoms with E-state index in [0.29, 0.717) is 11.0 Å². The lowest BCUT2D eigenvalue weighted by molar-refractivity contribution is 0.862. The third-order valence-corrected chi connectivity index (χ3v) is 4.48. The van der Waals surface area contributed by atoms with E-state index in [4.69, 9.17) is 11.3 Å². The quantitative estimate of drug-likeness (QED) is 0.523. The van der Waals surface area contributed by atoms with Crippen molar-refractivity contribution in [2.75, 3.05) is 5.84 Å². The van der Waals surface area contributed by atoms with E-state index in [1.165, 1.54) is 11.0 Å². The maximum atomic E-state index is 8.23. The molecule has 4 aromatic rings. The smallest absolute Gasteiger partial charge is 0.156 e. The Morgan fingerprint density at radius 2 is 1.71 bits per heavy atom. The fourth-order valence-electron chi connectivity index (χ4n) is 2.79. The molecule has 5 nitrogen and oxygen atoms in total. The molecule has 0 amide bonds. The number of nitrogens with two attached hydrogens (primary N) is 1. The number of benzene rings is 2. The van der Waals surface area contributed by atoms with Crippen molar-refractivity contribution in [1.29, 1.82) is 5.41 Å². The van der Waals surface area contributed by atoms with E-state index in [1.54, 1.807) is 0 Å². The van der Waals surface area contributed by atoms with Crippen LogP contribution >= 0.6 is 15.9 Å². The molecular formula is C18H14BrN5. The Kier molecular flexibility index (Phi) is 3.46. The average molecular weight is 380 g/mol. The molecule has 2 heterocycles. The van der Waals surface area contributed by atoms with Crippen LogP contribution in [-0.4, -0.2) is 14.2 Å². The van der Waals surface area contributed by atoms with Crippen LogP contribution < -0.4 is 11.3 Å². The molecular weight excluding hydrogens is 366 g/mol. The van der Waals surface area contributed by atoms with Crippen molar-refractivity contribution in [3.8, 4) is 16.9 Å². The van der Waals surface area contributed by atoms with E-state index in [2.05, 4.69) is 25.5 Å². The lowest BCUT2D eigenvalue weighted by atomic mass is 10.1. The van der Waals surface area contributed by atoms with Gasteiger partial charge in [0, 0.05) is 10.2 Å². The highest BCUT2D eigenvalue weighted by molar-refractivity contribution is 9.10. The highest BCUT2D eigenvalue weighted by atomic mass is 79.9. The SMILES string of the molecule is N=c1c2cc(-c3ccc(Br)cc3)n(-c3ccccc3)c2ncn1N. The van der Waals surface area contributed by atoms with Crippen LogP contribution in [-0.2, 0) is 0 Å². The standard InChI is InChI=1S/C18H14BrN5/c19-13-8-6-12(7-9-13)16-10-15-17(20)23(21)11-22-18(15)24(16)14-4-2-1-3-5-14/h1-11,20H,21H2. The minimum Gasteiger partial charge on any atom is -0.336 e. The first kappa shape index (κ1) is 14.7. The zero-order chi connectivity index (χ0) is 16.7. The van der Waals surface area contributed by atoms with Crippen molar-refractivity contribution in [2.24, 2.45) is 0 Å². The van der Waals surface area contributed by atoms with Crippen molar-refractivity contribution in [3.05, 3.63) is 77.0 Å². The van der Waals surface area contributed by atoms with E-state index in [-0.39, 0.29) is 5.49 Å². The Labute approximate surface area is 146 Å². The average Bonchev–Trinajstić information content (AvgIpc) is 3.00. The van der Waals surface area contributed by atoms with E-state index < -0.39 is 0 Å². The van der Waals surface area contributed by atoms with Gasteiger partial charge in [-0.2, -0.15) is 0 Å². The third-order valence-electron chi connectivity index (χ3n) is 3.95. The van der Waals surface area contributed by atoms with Crippen molar-refractivity contribution in [3.63, 3.8) is 0 Å². The summed E-state index contributed by atoms with van der Waals surface area (Å²) >= 11 is 3.47. The number of halogens is 1. The number of fused-ring (bicyclic) bond motifs is 1. The predicted molar refractivity (Wildman–Crippen MR) is 98.2 cm³/mol.